The first-order valence-electron chi connectivity index (χ1n) is 10.2. The van der Waals surface area contributed by atoms with Gasteiger partial charge in [0, 0.05) is 25.1 Å². The zero-order valence-electron chi connectivity index (χ0n) is 17.5. The lowest BCUT2D eigenvalue weighted by Gasteiger charge is -2.32. The molecule has 1 aliphatic heterocycles. The third-order valence-corrected chi connectivity index (χ3v) is 5.51. The van der Waals surface area contributed by atoms with Crippen LogP contribution in [0.5, 0.6) is 11.5 Å². The number of para-hydroxylation sites is 2. The topological polar surface area (TPSA) is 111 Å². The SMILES string of the molecule is CCOc1cc(C(=O)N2CCC[C@@H](c3nc4ccccc4[nH]3)C2)c([N+](=O)[O-])cc1OC. The summed E-state index contributed by atoms with van der Waals surface area (Å²) >= 11 is 0. The number of hydrogen-bond acceptors (Lipinski definition) is 6. The van der Waals surface area contributed by atoms with Gasteiger partial charge in [0.05, 0.1) is 35.7 Å². The van der Waals surface area contributed by atoms with Crippen molar-refractivity contribution in [3.05, 3.63) is 57.9 Å². The molecule has 1 fully saturated rings. The molecule has 1 atom stereocenters. The Bertz CT molecular complexity index is 1090. The number of nitro benzene ring substituents is 1. The zero-order chi connectivity index (χ0) is 22.0. The van der Waals surface area contributed by atoms with Crippen LogP contribution in [0.2, 0.25) is 0 Å². The molecule has 1 aromatic heterocycles. The van der Waals surface area contributed by atoms with Crippen LogP contribution < -0.4 is 9.47 Å². The summed E-state index contributed by atoms with van der Waals surface area (Å²) in [4.78, 5) is 34.1. The number of benzene rings is 2. The van der Waals surface area contributed by atoms with Crippen molar-refractivity contribution in [3.8, 4) is 11.5 Å². The normalized spacial score (nSPS) is 16.3. The lowest BCUT2D eigenvalue weighted by atomic mass is 9.96. The van der Waals surface area contributed by atoms with Crippen LogP contribution in [-0.4, -0.2) is 52.5 Å². The number of nitrogens with zero attached hydrogens (tertiary/aromatic N) is 3. The molecule has 162 valence electrons. The Labute approximate surface area is 179 Å². The van der Waals surface area contributed by atoms with Crippen LogP contribution in [0.1, 0.15) is 41.9 Å². The van der Waals surface area contributed by atoms with Crippen molar-refractivity contribution in [3.63, 3.8) is 0 Å². The van der Waals surface area contributed by atoms with Crippen molar-refractivity contribution in [2.75, 3.05) is 26.8 Å². The number of imidazole rings is 1. The predicted octanol–water partition coefficient (Wildman–Crippen LogP) is 3.90. The number of likely N-dealkylation sites (tertiary alicyclic amines) is 1. The maximum atomic E-state index is 13.3. The molecule has 1 amide bonds. The van der Waals surface area contributed by atoms with E-state index in [9.17, 15) is 14.9 Å². The summed E-state index contributed by atoms with van der Waals surface area (Å²) < 4.78 is 10.7. The molecule has 0 spiro atoms. The molecular formula is C22H24N4O5. The second kappa shape index (κ2) is 8.63. The van der Waals surface area contributed by atoms with E-state index in [4.69, 9.17) is 9.47 Å². The van der Waals surface area contributed by atoms with Gasteiger partial charge in [-0.2, -0.15) is 0 Å². The number of aromatic amines is 1. The molecule has 1 saturated heterocycles. The summed E-state index contributed by atoms with van der Waals surface area (Å²) in [5, 5.41) is 11.7. The van der Waals surface area contributed by atoms with Crippen molar-refractivity contribution in [2.24, 2.45) is 0 Å². The quantitative estimate of drug-likeness (QED) is 0.475. The Morgan fingerprint density at radius 2 is 2.13 bits per heavy atom. The number of nitrogens with one attached hydrogen (secondary N) is 1. The highest BCUT2D eigenvalue weighted by Gasteiger charge is 2.32. The maximum Gasteiger partial charge on any atom is 0.286 e. The summed E-state index contributed by atoms with van der Waals surface area (Å²) in [6.45, 7) is 3.11. The van der Waals surface area contributed by atoms with Gasteiger partial charge in [-0.05, 0) is 31.9 Å². The second-order valence-corrected chi connectivity index (χ2v) is 7.44. The van der Waals surface area contributed by atoms with Gasteiger partial charge in [0.2, 0.25) is 0 Å². The summed E-state index contributed by atoms with van der Waals surface area (Å²) in [5.41, 5.74) is 1.54. The molecular weight excluding hydrogens is 400 g/mol. The molecule has 2 heterocycles. The largest absolute Gasteiger partial charge is 0.493 e. The van der Waals surface area contributed by atoms with Gasteiger partial charge in [-0.3, -0.25) is 14.9 Å². The van der Waals surface area contributed by atoms with Crippen LogP contribution >= 0.6 is 0 Å². The lowest BCUT2D eigenvalue weighted by Crippen LogP contribution is -2.39. The van der Waals surface area contributed by atoms with Crippen molar-refractivity contribution in [1.82, 2.24) is 14.9 Å². The van der Waals surface area contributed by atoms with E-state index in [0.717, 1.165) is 29.7 Å². The van der Waals surface area contributed by atoms with Gasteiger partial charge in [0.25, 0.3) is 11.6 Å². The second-order valence-electron chi connectivity index (χ2n) is 7.44. The standard InChI is InChI=1S/C22H24N4O5/c1-3-31-20-11-15(18(26(28)29)12-19(20)30-2)22(27)25-10-6-7-14(13-25)21-23-16-8-4-5-9-17(16)24-21/h4-5,8-9,11-12,14H,3,6-7,10,13H2,1-2H3,(H,23,24)/t14-/m1/s1. The number of hydrogen-bond donors (Lipinski definition) is 1. The molecule has 9 nitrogen and oxygen atoms in total. The number of rotatable bonds is 6. The van der Waals surface area contributed by atoms with E-state index >= 15 is 0 Å². The van der Waals surface area contributed by atoms with E-state index in [2.05, 4.69) is 9.97 Å². The van der Waals surface area contributed by atoms with Gasteiger partial charge >= 0.3 is 0 Å². The minimum atomic E-state index is -0.563. The fourth-order valence-corrected chi connectivity index (χ4v) is 4.02. The first kappa shape index (κ1) is 20.6. The third kappa shape index (κ3) is 4.03. The van der Waals surface area contributed by atoms with Gasteiger partial charge in [0.15, 0.2) is 11.5 Å². The van der Waals surface area contributed by atoms with E-state index in [0.29, 0.717) is 25.4 Å². The average molecular weight is 424 g/mol. The van der Waals surface area contributed by atoms with Crippen LogP contribution in [-0.2, 0) is 0 Å². The molecule has 0 unspecified atom stereocenters. The molecule has 3 aromatic rings. The minimum Gasteiger partial charge on any atom is -0.493 e. The Balaban J connectivity index is 1.63. The van der Waals surface area contributed by atoms with Crippen LogP contribution in [0, 0.1) is 10.1 Å². The number of H-pyrrole nitrogens is 1. The number of amides is 1. The number of piperidine rings is 1. The number of carbonyl (C=O) groups is 1. The van der Waals surface area contributed by atoms with Crippen LogP contribution in [0.3, 0.4) is 0 Å². The van der Waals surface area contributed by atoms with Crippen LogP contribution in [0.15, 0.2) is 36.4 Å². The molecule has 0 radical (unpaired) electrons. The molecule has 2 aromatic carbocycles. The molecule has 9 heteroatoms. The summed E-state index contributed by atoms with van der Waals surface area (Å²) in [7, 11) is 1.41. The first-order valence-corrected chi connectivity index (χ1v) is 10.2. The number of ether oxygens (including phenoxy) is 2. The Morgan fingerprint density at radius 3 is 2.84 bits per heavy atom. The Kier molecular flexibility index (Phi) is 5.75. The molecule has 31 heavy (non-hydrogen) atoms. The van der Waals surface area contributed by atoms with Gasteiger partial charge in [-0.15, -0.1) is 0 Å². The van der Waals surface area contributed by atoms with Crippen LogP contribution in [0.25, 0.3) is 11.0 Å². The monoisotopic (exact) mass is 424 g/mol. The minimum absolute atomic E-state index is 0.000457. The fourth-order valence-electron chi connectivity index (χ4n) is 4.02. The van der Waals surface area contributed by atoms with E-state index in [-0.39, 0.29) is 22.9 Å². The van der Waals surface area contributed by atoms with Crippen LogP contribution in [0.4, 0.5) is 5.69 Å². The van der Waals surface area contributed by atoms with Crippen molar-refractivity contribution < 1.29 is 19.2 Å². The molecule has 0 bridgehead atoms. The van der Waals surface area contributed by atoms with Crippen molar-refractivity contribution in [1.29, 1.82) is 0 Å². The number of fused-ring (bicyclic) bond motifs is 1. The molecule has 0 aliphatic carbocycles. The highest BCUT2D eigenvalue weighted by Crippen LogP contribution is 2.36. The zero-order valence-corrected chi connectivity index (χ0v) is 17.5. The van der Waals surface area contributed by atoms with E-state index in [1.54, 1.807) is 11.8 Å². The molecule has 4 rings (SSSR count). The Hall–Kier alpha value is -3.62. The number of methoxy groups -OCH3 is 1. The van der Waals surface area contributed by atoms with E-state index in [1.807, 2.05) is 24.3 Å². The average Bonchev–Trinajstić information content (AvgIpc) is 3.23. The van der Waals surface area contributed by atoms with Crippen molar-refractivity contribution >= 4 is 22.6 Å². The fraction of sp³-hybridized carbons (Fsp3) is 0.364. The summed E-state index contributed by atoms with van der Waals surface area (Å²) in [6, 6.07) is 10.4. The third-order valence-electron chi connectivity index (χ3n) is 5.51. The molecule has 1 N–H and O–H groups in total. The molecule has 0 saturated carbocycles. The number of carbonyl (C=O) groups excluding carboxylic acids is 1. The molecule has 1 aliphatic rings. The first-order chi connectivity index (χ1) is 15.0. The number of aromatic nitrogens is 2. The summed E-state index contributed by atoms with van der Waals surface area (Å²) in [5.74, 6) is 1.01. The Morgan fingerprint density at radius 1 is 1.32 bits per heavy atom. The van der Waals surface area contributed by atoms with Gasteiger partial charge in [-0.25, -0.2) is 4.98 Å². The van der Waals surface area contributed by atoms with Gasteiger partial charge in [0.1, 0.15) is 11.4 Å². The summed E-state index contributed by atoms with van der Waals surface area (Å²) in [6.07, 6.45) is 1.67. The highest BCUT2D eigenvalue weighted by molar-refractivity contribution is 5.99. The smallest absolute Gasteiger partial charge is 0.286 e. The highest BCUT2D eigenvalue weighted by atomic mass is 16.6. The number of nitro groups is 1. The lowest BCUT2D eigenvalue weighted by molar-refractivity contribution is -0.385. The van der Waals surface area contributed by atoms with E-state index in [1.165, 1.54) is 19.2 Å². The predicted molar refractivity (Wildman–Crippen MR) is 115 cm³/mol. The van der Waals surface area contributed by atoms with Gasteiger partial charge < -0.3 is 19.4 Å². The van der Waals surface area contributed by atoms with Crippen molar-refractivity contribution in [2.45, 2.75) is 25.7 Å². The van der Waals surface area contributed by atoms with E-state index < -0.39 is 10.8 Å². The van der Waals surface area contributed by atoms with Gasteiger partial charge in [-0.1, -0.05) is 12.1 Å². The maximum absolute atomic E-state index is 13.3.